The molecule has 0 unspecified atom stereocenters. The summed E-state index contributed by atoms with van der Waals surface area (Å²) in [7, 11) is 0. The molecule has 2 atom stereocenters. The van der Waals surface area contributed by atoms with Gasteiger partial charge in [-0.1, -0.05) is 42.5 Å². The second kappa shape index (κ2) is 10.8. The number of amides is 1. The van der Waals surface area contributed by atoms with Crippen molar-refractivity contribution in [2.75, 3.05) is 13.2 Å². The van der Waals surface area contributed by atoms with Gasteiger partial charge in [-0.3, -0.25) is 9.59 Å². The first kappa shape index (κ1) is 25.5. The Morgan fingerprint density at radius 1 is 1.05 bits per heavy atom. The molecule has 2 heterocycles. The number of hydrogen-bond donors (Lipinski definition) is 1. The highest BCUT2D eigenvalue weighted by molar-refractivity contribution is 5.95. The Kier molecular flexibility index (Phi) is 7.04. The molecule has 4 aromatic rings. The van der Waals surface area contributed by atoms with Gasteiger partial charge in [0.25, 0.3) is 0 Å². The summed E-state index contributed by atoms with van der Waals surface area (Å²) in [6.45, 7) is 0.332. The SMILES string of the molecule is O=C(Cc1ccc2nc(-c3cccc4ccccc34)oc2c1)N1C[C@@H](F)C[C@H]1CO[C@H]1CC[C@H](C(=O)O)CC1. The van der Waals surface area contributed by atoms with Gasteiger partial charge in [-0.05, 0) is 60.2 Å². The monoisotopic (exact) mass is 530 g/mol. The van der Waals surface area contributed by atoms with E-state index >= 15 is 0 Å². The Hall–Kier alpha value is -3.78. The van der Waals surface area contributed by atoms with Gasteiger partial charge in [-0.15, -0.1) is 0 Å². The molecular formula is C31H31FN2O5. The van der Waals surface area contributed by atoms with E-state index in [-0.39, 0.29) is 50.0 Å². The van der Waals surface area contributed by atoms with Crippen molar-refractivity contribution < 1.29 is 28.2 Å². The van der Waals surface area contributed by atoms with Crippen LogP contribution in [-0.2, 0) is 20.7 Å². The maximum Gasteiger partial charge on any atom is 0.306 e. The first-order chi connectivity index (χ1) is 18.9. The van der Waals surface area contributed by atoms with Crippen molar-refractivity contribution in [3.63, 3.8) is 0 Å². The van der Waals surface area contributed by atoms with Crippen LogP contribution in [0, 0.1) is 5.92 Å². The molecule has 3 aromatic carbocycles. The number of benzene rings is 3. The second-order valence-corrected chi connectivity index (χ2v) is 10.7. The van der Waals surface area contributed by atoms with Gasteiger partial charge < -0.3 is 19.2 Å². The van der Waals surface area contributed by atoms with E-state index in [1.54, 1.807) is 4.90 Å². The lowest BCUT2D eigenvalue weighted by Gasteiger charge is -2.29. The molecule has 2 fully saturated rings. The molecule has 0 bridgehead atoms. The standard InChI is InChI=1S/C31H31FN2O5/c32-22-16-23(18-38-24-11-9-21(10-12-24)31(36)37)34(17-22)29(35)15-19-8-13-27-28(14-19)39-30(33-27)26-7-3-5-20-4-1-2-6-25(20)26/h1-8,13-14,21-24H,9-12,15-18H2,(H,36,37)/t21-,22-,23-,24-/m0/s1. The molecule has 1 saturated carbocycles. The van der Waals surface area contributed by atoms with Crippen molar-refractivity contribution in [3.8, 4) is 11.5 Å². The number of oxazole rings is 1. The van der Waals surface area contributed by atoms with Crippen LogP contribution < -0.4 is 0 Å². The fourth-order valence-electron chi connectivity index (χ4n) is 5.93. The average Bonchev–Trinajstić information content (AvgIpc) is 3.54. The van der Waals surface area contributed by atoms with Crippen molar-refractivity contribution in [2.45, 2.75) is 56.8 Å². The summed E-state index contributed by atoms with van der Waals surface area (Å²) >= 11 is 0. The molecular weight excluding hydrogens is 499 g/mol. The Morgan fingerprint density at radius 2 is 1.85 bits per heavy atom. The number of aliphatic carboxylic acids is 1. The van der Waals surface area contributed by atoms with E-state index in [0.717, 1.165) is 21.9 Å². The third-order valence-corrected chi connectivity index (χ3v) is 8.06. The Bertz CT molecular complexity index is 1500. The van der Waals surface area contributed by atoms with Gasteiger partial charge in [-0.25, -0.2) is 9.37 Å². The smallest absolute Gasteiger partial charge is 0.306 e. The molecule has 39 heavy (non-hydrogen) atoms. The van der Waals surface area contributed by atoms with E-state index in [1.807, 2.05) is 60.7 Å². The van der Waals surface area contributed by atoms with Crippen LogP contribution in [0.5, 0.6) is 0 Å². The molecule has 0 spiro atoms. The lowest BCUT2D eigenvalue weighted by Crippen LogP contribution is -2.40. The summed E-state index contributed by atoms with van der Waals surface area (Å²) in [5, 5.41) is 11.3. The maximum absolute atomic E-state index is 14.4. The highest BCUT2D eigenvalue weighted by Crippen LogP contribution is 2.32. The molecule has 1 saturated heterocycles. The van der Waals surface area contributed by atoms with Gasteiger partial charge in [0, 0.05) is 12.0 Å². The maximum atomic E-state index is 14.4. The van der Waals surface area contributed by atoms with E-state index in [1.165, 1.54) is 0 Å². The number of carbonyl (C=O) groups is 2. The number of alkyl halides is 1. The lowest BCUT2D eigenvalue weighted by molar-refractivity contribution is -0.144. The van der Waals surface area contributed by atoms with Crippen LogP contribution in [0.15, 0.2) is 65.1 Å². The van der Waals surface area contributed by atoms with Crippen LogP contribution >= 0.6 is 0 Å². The normalized spacial score (nSPS) is 23.5. The molecule has 1 amide bonds. The van der Waals surface area contributed by atoms with E-state index < -0.39 is 12.1 Å². The first-order valence-electron chi connectivity index (χ1n) is 13.6. The van der Waals surface area contributed by atoms with Crippen LogP contribution in [0.3, 0.4) is 0 Å². The van der Waals surface area contributed by atoms with Gasteiger partial charge in [0.2, 0.25) is 11.8 Å². The Labute approximate surface area is 225 Å². The first-order valence-corrected chi connectivity index (χ1v) is 13.6. The lowest BCUT2D eigenvalue weighted by atomic mass is 9.87. The summed E-state index contributed by atoms with van der Waals surface area (Å²) in [6, 6.07) is 19.3. The number of ether oxygens (including phenoxy) is 1. The summed E-state index contributed by atoms with van der Waals surface area (Å²) in [6.07, 6.45) is 1.80. The number of carboxylic acids is 1. The van der Waals surface area contributed by atoms with Crippen LogP contribution in [0.2, 0.25) is 0 Å². The Balaban J connectivity index is 1.12. The number of aromatic nitrogens is 1. The number of hydrogen-bond acceptors (Lipinski definition) is 5. The number of carboxylic acid groups (broad SMARTS) is 1. The van der Waals surface area contributed by atoms with Crippen molar-refractivity contribution in [1.29, 1.82) is 0 Å². The van der Waals surface area contributed by atoms with Crippen molar-refractivity contribution in [1.82, 2.24) is 9.88 Å². The minimum absolute atomic E-state index is 0.0407. The van der Waals surface area contributed by atoms with Crippen molar-refractivity contribution in [3.05, 3.63) is 66.2 Å². The number of rotatable bonds is 7. The van der Waals surface area contributed by atoms with Crippen LogP contribution in [0.1, 0.15) is 37.7 Å². The average molecular weight is 531 g/mol. The van der Waals surface area contributed by atoms with E-state index in [2.05, 4.69) is 4.98 Å². The minimum atomic E-state index is -1.08. The number of halogens is 1. The fraction of sp³-hybridized carbons (Fsp3) is 0.387. The van der Waals surface area contributed by atoms with E-state index in [9.17, 15) is 19.1 Å². The summed E-state index contributed by atoms with van der Waals surface area (Å²) in [5.74, 6) is -0.685. The molecule has 2 aliphatic rings. The third kappa shape index (κ3) is 5.39. The highest BCUT2D eigenvalue weighted by Gasteiger charge is 2.36. The molecule has 0 radical (unpaired) electrons. The quantitative estimate of drug-likeness (QED) is 0.325. The minimum Gasteiger partial charge on any atom is -0.481 e. The van der Waals surface area contributed by atoms with Crippen molar-refractivity contribution in [2.24, 2.45) is 5.92 Å². The summed E-state index contributed by atoms with van der Waals surface area (Å²) in [5.41, 5.74) is 3.00. The molecule has 1 N–H and O–H groups in total. The predicted octanol–water partition coefficient (Wildman–Crippen LogP) is 5.79. The van der Waals surface area contributed by atoms with Crippen LogP contribution in [0.4, 0.5) is 4.39 Å². The third-order valence-electron chi connectivity index (χ3n) is 8.06. The van der Waals surface area contributed by atoms with Gasteiger partial charge in [0.05, 0.1) is 37.6 Å². The van der Waals surface area contributed by atoms with Crippen LogP contribution in [-0.4, -0.2) is 58.3 Å². The molecule has 1 aliphatic heterocycles. The van der Waals surface area contributed by atoms with Gasteiger partial charge in [0.1, 0.15) is 11.7 Å². The molecule has 1 aliphatic carbocycles. The molecule has 8 heteroatoms. The predicted molar refractivity (Wildman–Crippen MR) is 145 cm³/mol. The number of likely N-dealkylation sites (tertiary alicyclic amines) is 1. The topological polar surface area (TPSA) is 92.9 Å². The molecule has 202 valence electrons. The number of nitrogens with zero attached hydrogens (tertiary/aromatic N) is 2. The van der Waals surface area contributed by atoms with E-state index in [4.69, 9.17) is 9.15 Å². The zero-order valence-electron chi connectivity index (χ0n) is 21.6. The summed E-state index contributed by atoms with van der Waals surface area (Å²) < 4.78 is 26.5. The largest absolute Gasteiger partial charge is 0.481 e. The number of fused-ring (bicyclic) bond motifs is 2. The second-order valence-electron chi connectivity index (χ2n) is 10.7. The number of carbonyl (C=O) groups excluding carboxylic acids is 1. The Morgan fingerprint density at radius 3 is 2.67 bits per heavy atom. The molecule has 6 rings (SSSR count). The highest BCUT2D eigenvalue weighted by atomic mass is 19.1. The van der Waals surface area contributed by atoms with Gasteiger partial charge >= 0.3 is 5.97 Å². The van der Waals surface area contributed by atoms with E-state index in [0.29, 0.717) is 42.7 Å². The molecule has 7 nitrogen and oxygen atoms in total. The fourth-order valence-corrected chi connectivity index (χ4v) is 5.93. The molecule has 1 aromatic heterocycles. The van der Waals surface area contributed by atoms with Crippen molar-refractivity contribution >= 4 is 33.7 Å². The van der Waals surface area contributed by atoms with Crippen LogP contribution in [0.25, 0.3) is 33.3 Å². The summed E-state index contributed by atoms with van der Waals surface area (Å²) in [4.78, 5) is 30.7. The van der Waals surface area contributed by atoms with Gasteiger partial charge in [-0.2, -0.15) is 0 Å². The van der Waals surface area contributed by atoms with Gasteiger partial charge in [0.15, 0.2) is 5.58 Å². The zero-order valence-corrected chi connectivity index (χ0v) is 21.6. The zero-order chi connectivity index (χ0) is 26.9.